The van der Waals surface area contributed by atoms with Gasteiger partial charge in [-0.1, -0.05) is 48.0 Å². The lowest BCUT2D eigenvalue weighted by Crippen LogP contribution is -2.13. The number of aromatic nitrogens is 1. The molecule has 1 aromatic heterocycles. The Kier molecular flexibility index (Phi) is 5.99. The van der Waals surface area contributed by atoms with Gasteiger partial charge in [0.2, 0.25) is 0 Å². The molecule has 0 atom stereocenters. The van der Waals surface area contributed by atoms with Crippen LogP contribution in [0.4, 0.5) is 11.5 Å². The Morgan fingerprint density at radius 1 is 1.00 bits per heavy atom. The Labute approximate surface area is 154 Å². The summed E-state index contributed by atoms with van der Waals surface area (Å²) < 4.78 is 0. The topological polar surface area (TPSA) is 54.0 Å². The van der Waals surface area contributed by atoms with Crippen LogP contribution in [-0.4, -0.2) is 17.4 Å². The maximum atomic E-state index is 12.2. The van der Waals surface area contributed by atoms with Gasteiger partial charge in [0, 0.05) is 12.1 Å². The van der Waals surface area contributed by atoms with E-state index in [4.69, 9.17) is 0 Å². The molecule has 2 aromatic carbocycles. The molecule has 0 aliphatic rings. The number of aryl methyl sites for hydroxylation is 2. The second-order valence-electron chi connectivity index (χ2n) is 6.27. The van der Waals surface area contributed by atoms with E-state index in [0.29, 0.717) is 11.4 Å². The number of amides is 1. The highest BCUT2D eigenvalue weighted by atomic mass is 16.1. The molecule has 4 nitrogen and oxygen atoms in total. The molecule has 0 bridgehead atoms. The molecule has 2 N–H and O–H groups in total. The van der Waals surface area contributed by atoms with Crippen molar-refractivity contribution in [3.05, 3.63) is 89.6 Å². The number of hydrogen-bond acceptors (Lipinski definition) is 3. The highest BCUT2D eigenvalue weighted by molar-refractivity contribution is 6.03. The Hall–Kier alpha value is -3.14. The monoisotopic (exact) mass is 345 g/mol. The Balaban J connectivity index is 1.46. The van der Waals surface area contributed by atoms with E-state index in [-0.39, 0.29) is 5.91 Å². The lowest BCUT2D eigenvalue weighted by molar-refractivity contribution is 0.102. The first kappa shape index (κ1) is 17.7. The van der Waals surface area contributed by atoms with Crippen LogP contribution in [-0.2, 0) is 6.42 Å². The van der Waals surface area contributed by atoms with Crippen molar-refractivity contribution in [3.8, 4) is 0 Å². The summed E-state index contributed by atoms with van der Waals surface area (Å²) in [5, 5.41) is 6.18. The number of hydrogen-bond donors (Lipinski definition) is 2. The van der Waals surface area contributed by atoms with Gasteiger partial charge in [-0.15, -0.1) is 0 Å². The van der Waals surface area contributed by atoms with E-state index in [1.54, 1.807) is 12.3 Å². The van der Waals surface area contributed by atoms with Crippen molar-refractivity contribution < 1.29 is 4.79 Å². The van der Waals surface area contributed by atoms with Gasteiger partial charge in [-0.05, 0) is 49.6 Å². The van der Waals surface area contributed by atoms with E-state index < -0.39 is 0 Å². The molecule has 0 saturated carbocycles. The fourth-order valence-corrected chi connectivity index (χ4v) is 2.72. The Morgan fingerprint density at radius 2 is 1.85 bits per heavy atom. The second-order valence-corrected chi connectivity index (χ2v) is 6.27. The van der Waals surface area contributed by atoms with Crippen LogP contribution < -0.4 is 10.6 Å². The number of rotatable bonds is 7. The molecule has 3 aromatic rings. The average molecular weight is 345 g/mol. The lowest BCUT2D eigenvalue weighted by Gasteiger charge is -2.08. The minimum atomic E-state index is -0.148. The fourth-order valence-electron chi connectivity index (χ4n) is 2.72. The molecule has 1 heterocycles. The predicted octanol–water partition coefficient (Wildman–Crippen LogP) is 4.69. The van der Waals surface area contributed by atoms with Gasteiger partial charge >= 0.3 is 0 Å². The normalized spacial score (nSPS) is 10.3. The number of benzene rings is 2. The van der Waals surface area contributed by atoms with Crippen LogP contribution in [0.5, 0.6) is 0 Å². The fraction of sp³-hybridized carbons (Fsp3) is 0.182. The van der Waals surface area contributed by atoms with Crippen molar-refractivity contribution >= 4 is 17.4 Å². The van der Waals surface area contributed by atoms with Crippen molar-refractivity contribution in [1.82, 2.24) is 4.98 Å². The van der Waals surface area contributed by atoms with Gasteiger partial charge in [-0.25, -0.2) is 4.98 Å². The summed E-state index contributed by atoms with van der Waals surface area (Å²) in [5.41, 5.74) is 3.99. The molecule has 0 fully saturated rings. The third kappa shape index (κ3) is 5.18. The van der Waals surface area contributed by atoms with Crippen LogP contribution in [0.25, 0.3) is 0 Å². The molecule has 0 aliphatic carbocycles. The van der Waals surface area contributed by atoms with Crippen molar-refractivity contribution in [2.45, 2.75) is 19.8 Å². The van der Waals surface area contributed by atoms with Crippen molar-refractivity contribution in [3.63, 3.8) is 0 Å². The van der Waals surface area contributed by atoms with Gasteiger partial charge in [0.25, 0.3) is 5.91 Å². The van der Waals surface area contributed by atoms with E-state index in [1.165, 1.54) is 5.56 Å². The van der Waals surface area contributed by atoms with Gasteiger partial charge < -0.3 is 10.6 Å². The van der Waals surface area contributed by atoms with Crippen LogP contribution in [0.15, 0.2) is 72.9 Å². The van der Waals surface area contributed by atoms with Crippen molar-refractivity contribution in [2.75, 3.05) is 17.2 Å². The molecule has 26 heavy (non-hydrogen) atoms. The van der Waals surface area contributed by atoms with Crippen LogP contribution >= 0.6 is 0 Å². The Morgan fingerprint density at radius 3 is 2.58 bits per heavy atom. The van der Waals surface area contributed by atoms with E-state index in [1.807, 2.05) is 43.3 Å². The first-order chi connectivity index (χ1) is 12.7. The third-order valence-corrected chi connectivity index (χ3v) is 4.10. The van der Waals surface area contributed by atoms with E-state index in [0.717, 1.165) is 30.6 Å². The highest BCUT2D eigenvalue weighted by Gasteiger charge is 2.06. The number of pyridine rings is 1. The maximum Gasteiger partial charge on any atom is 0.256 e. The Bertz CT molecular complexity index is 845. The molecule has 0 radical (unpaired) electrons. The number of carbonyl (C=O) groups is 1. The summed E-state index contributed by atoms with van der Waals surface area (Å²) in [7, 11) is 0. The first-order valence-corrected chi connectivity index (χ1v) is 8.82. The summed E-state index contributed by atoms with van der Waals surface area (Å²) in [6.45, 7) is 2.85. The second kappa shape index (κ2) is 8.81. The molecule has 0 unspecified atom stereocenters. The molecular formula is C22H23N3O. The van der Waals surface area contributed by atoms with Gasteiger partial charge in [0.05, 0.1) is 11.9 Å². The summed E-state index contributed by atoms with van der Waals surface area (Å²) in [5.74, 6) is 0.399. The molecule has 1 amide bonds. The SMILES string of the molecule is Cc1cccc(C(=O)Nc2ccc(NCCCc3ccccc3)cn2)c1. The van der Waals surface area contributed by atoms with Gasteiger partial charge in [-0.2, -0.15) is 0 Å². The maximum absolute atomic E-state index is 12.2. The molecule has 0 aliphatic heterocycles. The average Bonchev–Trinajstić information content (AvgIpc) is 2.67. The number of carbonyl (C=O) groups excluding carboxylic acids is 1. The molecule has 4 heteroatoms. The van der Waals surface area contributed by atoms with E-state index in [9.17, 15) is 4.79 Å². The third-order valence-electron chi connectivity index (χ3n) is 4.10. The molecular weight excluding hydrogens is 322 g/mol. The van der Waals surface area contributed by atoms with Gasteiger partial charge in [0.1, 0.15) is 5.82 Å². The summed E-state index contributed by atoms with van der Waals surface area (Å²) in [6, 6.07) is 21.7. The number of nitrogens with one attached hydrogen (secondary N) is 2. The minimum Gasteiger partial charge on any atom is -0.384 e. The van der Waals surface area contributed by atoms with Crippen LogP contribution in [0.1, 0.15) is 27.9 Å². The zero-order valence-corrected chi connectivity index (χ0v) is 14.9. The lowest BCUT2D eigenvalue weighted by atomic mass is 10.1. The largest absolute Gasteiger partial charge is 0.384 e. The van der Waals surface area contributed by atoms with E-state index >= 15 is 0 Å². The van der Waals surface area contributed by atoms with Crippen LogP contribution in [0.3, 0.4) is 0 Å². The zero-order valence-electron chi connectivity index (χ0n) is 14.9. The van der Waals surface area contributed by atoms with E-state index in [2.05, 4.69) is 39.9 Å². The molecule has 3 rings (SSSR count). The summed E-state index contributed by atoms with van der Waals surface area (Å²) in [6.07, 6.45) is 3.84. The van der Waals surface area contributed by atoms with Crippen molar-refractivity contribution in [2.24, 2.45) is 0 Å². The summed E-state index contributed by atoms with van der Waals surface area (Å²) >= 11 is 0. The quantitative estimate of drug-likeness (QED) is 0.611. The number of anilines is 2. The van der Waals surface area contributed by atoms with Gasteiger partial charge in [0.15, 0.2) is 0 Å². The smallest absolute Gasteiger partial charge is 0.256 e. The minimum absolute atomic E-state index is 0.148. The zero-order chi connectivity index (χ0) is 18.2. The molecule has 0 spiro atoms. The van der Waals surface area contributed by atoms with Gasteiger partial charge in [-0.3, -0.25) is 4.79 Å². The van der Waals surface area contributed by atoms with Crippen molar-refractivity contribution in [1.29, 1.82) is 0 Å². The molecule has 132 valence electrons. The highest BCUT2D eigenvalue weighted by Crippen LogP contribution is 2.12. The standard InChI is InChI=1S/C22H23N3O/c1-17-7-5-11-19(15-17)22(26)25-21-13-12-20(16-24-21)23-14-6-10-18-8-3-2-4-9-18/h2-5,7-9,11-13,15-16,23H,6,10,14H2,1H3,(H,24,25,26). The molecule has 0 saturated heterocycles. The first-order valence-electron chi connectivity index (χ1n) is 8.82. The van der Waals surface area contributed by atoms with Crippen LogP contribution in [0.2, 0.25) is 0 Å². The number of nitrogens with zero attached hydrogens (tertiary/aromatic N) is 1. The summed E-state index contributed by atoms with van der Waals surface area (Å²) in [4.78, 5) is 16.5. The van der Waals surface area contributed by atoms with Crippen LogP contribution in [0, 0.1) is 6.92 Å². The predicted molar refractivity (Wildman–Crippen MR) is 107 cm³/mol.